The standard InChI is InChI=1S/C10H8F5NO2/c11-9(12,10(13,14)15)8(18)16-5-6-3-1-2-4-7(6)17/h1-5,8,17-18H/b16-5+/t8-/m0/s1. The topological polar surface area (TPSA) is 52.8 Å². The van der Waals surface area contributed by atoms with Crippen molar-refractivity contribution in [2.45, 2.75) is 18.3 Å². The summed E-state index contributed by atoms with van der Waals surface area (Å²) in [6.45, 7) is 0. The van der Waals surface area contributed by atoms with E-state index in [1.54, 1.807) is 0 Å². The van der Waals surface area contributed by atoms with E-state index < -0.39 is 18.3 Å². The van der Waals surface area contributed by atoms with Crippen molar-refractivity contribution >= 4 is 6.21 Å². The fourth-order valence-corrected chi connectivity index (χ4v) is 0.988. The fraction of sp³-hybridized carbons (Fsp3) is 0.300. The molecule has 3 nitrogen and oxygen atoms in total. The van der Waals surface area contributed by atoms with Crippen LogP contribution in [0.5, 0.6) is 5.75 Å². The van der Waals surface area contributed by atoms with Crippen molar-refractivity contribution in [1.82, 2.24) is 0 Å². The SMILES string of the molecule is Oc1ccccc1/C=N/[C@@H](O)C(F)(F)C(F)(F)F. The number of rotatable bonds is 3. The zero-order valence-corrected chi connectivity index (χ0v) is 8.70. The molecule has 0 spiro atoms. The van der Waals surface area contributed by atoms with Crippen molar-refractivity contribution in [3.63, 3.8) is 0 Å². The molecule has 0 aliphatic rings. The molecule has 1 aromatic rings. The number of hydrogen-bond acceptors (Lipinski definition) is 3. The molecule has 0 bridgehead atoms. The Morgan fingerprint density at radius 3 is 2.17 bits per heavy atom. The summed E-state index contributed by atoms with van der Waals surface area (Å²) in [4.78, 5) is 2.69. The van der Waals surface area contributed by atoms with E-state index in [-0.39, 0.29) is 11.3 Å². The van der Waals surface area contributed by atoms with Crippen LogP contribution in [-0.2, 0) is 0 Å². The molecule has 0 heterocycles. The lowest BCUT2D eigenvalue weighted by molar-refractivity contribution is -0.311. The van der Waals surface area contributed by atoms with Gasteiger partial charge >= 0.3 is 12.1 Å². The number of hydrogen-bond donors (Lipinski definition) is 2. The maximum absolute atomic E-state index is 12.6. The molecule has 0 radical (unpaired) electrons. The first-order chi connectivity index (χ1) is 8.16. The number of phenolic OH excluding ortho intramolecular Hbond substituents is 1. The summed E-state index contributed by atoms with van der Waals surface area (Å²) < 4.78 is 60.7. The number of aliphatic imine (C=N–C) groups is 1. The number of phenols is 1. The highest BCUT2D eigenvalue weighted by Crippen LogP contribution is 2.38. The molecule has 0 saturated heterocycles. The van der Waals surface area contributed by atoms with Gasteiger partial charge in [0, 0.05) is 11.8 Å². The van der Waals surface area contributed by atoms with Crippen LogP contribution in [-0.4, -0.2) is 34.8 Å². The largest absolute Gasteiger partial charge is 0.507 e. The van der Waals surface area contributed by atoms with Crippen LogP contribution < -0.4 is 0 Å². The van der Waals surface area contributed by atoms with E-state index in [0.29, 0.717) is 6.21 Å². The number of para-hydroxylation sites is 1. The van der Waals surface area contributed by atoms with Crippen LogP contribution in [0.2, 0.25) is 0 Å². The molecule has 18 heavy (non-hydrogen) atoms. The van der Waals surface area contributed by atoms with E-state index in [0.717, 1.165) is 0 Å². The van der Waals surface area contributed by atoms with Crippen LogP contribution in [0.1, 0.15) is 5.56 Å². The molecule has 8 heteroatoms. The maximum atomic E-state index is 12.6. The molecule has 1 atom stereocenters. The van der Waals surface area contributed by atoms with E-state index in [1.807, 2.05) is 0 Å². The molecule has 0 aliphatic heterocycles. The summed E-state index contributed by atoms with van der Waals surface area (Å²) in [7, 11) is 0. The fourth-order valence-electron chi connectivity index (χ4n) is 0.988. The summed E-state index contributed by atoms with van der Waals surface area (Å²) >= 11 is 0. The van der Waals surface area contributed by atoms with Gasteiger partial charge in [0.2, 0.25) is 6.23 Å². The number of nitrogens with zero attached hydrogens (tertiary/aromatic N) is 1. The minimum absolute atomic E-state index is 0.0884. The van der Waals surface area contributed by atoms with Gasteiger partial charge < -0.3 is 10.2 Å². The lowest BCUT2D eigenvalue weighted by Gasteiger charge is -2.21. The molecule has 0 fully saturated rings. The van der Waals surface area contributed by atoms with E-state index in [9.17, 15) is 27.1 Å². The van der Waals surface area contributed by atoms with Gasteiger partial charge in [0.15, 0.2) is 0 Å². The molecule has 1 aromatic carbocycles. The Hall–Kier alpha value is -1.70. The second-order valence-corrected chi connectivity index (χ2v) is 3.33. The van der Waals surface area contributed by atoms with Crippen molar-refractivity contribution < 1.29 is 32.2 Å². The smallest absolute Gasteiger partial charge is 0.458 e. The van der Waals surface area contributed by atoms with Gasteiger partial charge in [0.05, 0.1) is 0 Å². The van der Waals surface area contributed by atoms with Gasteiger partial charge in [-0.25, -0.2) is 0 Å². The Morgan fingerprint density at radius 1 is 1.11 bits per heavy atom. The van der Waals surface area contributed by atoms with Crippen LogP contribution in [0, 0.1) is 0 Å². The van der Waals surface area contributed by atoms with Crippen molar-refractivity contribution in [3.8, 4) is 5.75 Å². The van der Waals surface area contributed by atoms with Crippen molar-refractivity contribution in [2.24, 2.45) is 4.99 Å². The predicted molar refractivity (Wildman–Crippen MR) is 52.7 cm³/mol. The van der Waals surface area contributed by atoms with Gasteiger partial charge in [0.1, 0.15) is 5.75 Å². The second-order valence-electron chi connectivity index (χ2n) is 3.33. The highest BCUT2D eigenvalue weighted by atomic mass is 19.4. The summed E-state index contributed by atoms with van der Waals surface area (Å²) in [6.07, 6.45) is -8.63. The van der Waals surface area contributed by atoms with E-state index >= 15 is 0 Å². The molecule has 1 rings (SSSR count). The van der Waals surface area contributed by atoms with Gasteiger partial charge in [-0.2, -0.15) is 22.0 Å². The first-order valence-corrected chi connectivity index (χ1v) is 4.60. The Morgan fingerprint density at radius 2 is 1.67 bits per heavy atom. The molecule has 2 N–H and O–H groups in total. The monoisotopic (exact) mass is 269 g/mol. The maximum Gasteiger partial charge on any atom is 0.458 e. The van der Waals surface area contributed by atoms with Crippen LogP contribution in [0.15, 0.2) is 29.3 Å². The average Bonchev–Trinajstić information content (AvgIpc) is 2.26. The van der Waals surface area contributed by atoms with Gasteiger partial charge in [-0.15, -0.1) is 0 Å². The normalized spacial score (nSPS) is 15.0. The number of aliphatic hydroxyl groups is 1. The minimum Gasteiger partial charge on any atom is -0.507 e. The second kappa shape index (κ2) is 4.89. The highest BCUT2D eigenvalue weighted by Gasteiger charge is 2.62. The lowest BCUT2D eigenvalue weighted by atomic mass is 10.2. The van der Waals surface area contributed by atoms with Crippen LogP contribution in [0.3, 0.4) is 0 Å². The van der Waals surface area contributed by atoms with Gasteiger partial charge in [-0.05, 0) is 12.1 Å². The summed E-state index contributed by atoms with van der Waals surface area (Å²) in [5, 5.41) is 17.9. The van der Waals surface area contributed by atoms with Crippen LogP contribution in [0.25, 0.3) is 0 Å². The van der Waals surface area contributed by atoms with Crippen LogP contribution >= 0.6 is 0 Å². The number of aliphatic hydroxyl groups excluding tert-OH is 1. The Kier molecular flexibility index (Phi) is 3.90. The molecule has 0 aliphatic carbocycles. The lowest BCUT2D eigenvalue weighted by Crippen LogP contribution is -2.46. The number of benzene rings is 1. The van der Waals surface area contributed by atoms with Gasteiger partial charge in [-0.3, -0.25) is 4.99 Å². The van der Waals surface area contributed by atoms with Crippen molar-refractivity contribution in [1.29, 1.82) is 0 Å². The Bertz CT molecular complexity index is 444. The summed E-state index contributed by atoms with van der Waals surface area (Å²) in [6, 6.07) is 5.26. The summed E-state index contributed by atoms with van der Waals surface area (Å²) in [5.74, 6) is -5.71. The van der Waals surface area contributed by atoms with Crippen molar-refractivity contribution in [3.05, 3.63) is 29.8 Å². The minimum atomic E-state index is -5.90. The quantitative estimate of drug-likeness (QED) is 0.653. The summed E-state index contributed by atoms with van der Waals surface area (Å²) in [5.41, 5.74) is -0.0884. The molecule has 0 unspecified atom stereocenters. The van der Waals surface area contributed by atoms with Gasteiger partial charge in [0.25, 0.3) is 0 Å². The predicted octanol–water partition coefficient (Wildman–Crippen LogP) is 2.33. The Labute approximate surface area is 98.2 Å². The first-order valence-electron chi connectivity index (χ1n) is 4.60. The third-order valence-electron chi connectivity index (χ3n) is 1.99. The van der Waals surface area contributed by atoms with E-state index in [4.69, 9.17) is 5.11 Å². The number of halogens is 5. The third-order valence-corrected chi connectivity index (χ3v) is 1.99. The number of aromatic hydroxyl groups is 1. The number of alkyl halides is 5. The zero-order valence-electron chi connectivity index (χ0n) is 8.70. The highest BCUT2D eigenvalue weighted by molar-refractivity contribution is 5.83. The molecular weight excluding hydrogens is 261 g/mol. The zero-order chi connectivity index (χ0) is 14.0. The molecule has 0 amide bonds. The first kappa shape index (κ1) is 14.4. The molecular formula is C10H8F5NO2. The van der Waals surface area contributed by atoms with Crippen molar-refractivity contribution in [2.75, 3.05) is 0 Å². The average molecular weight is 269 g/mol. The molecule has 0 saturated carbocycles. The third kappa shape index (κ3) is 2.95. The van der Waals surface area contributed by atoms with E-state index in [1.165, 1.54) is 24.3 Å². The van der Waals surface area contributed by atoms with Gasteiger partial charge in [-0.1, -0.05) is 12.1 Å². The molecule has 100 valence electrons. The molecule has 0 aromatic heterocycles. The Balaban J connectivity index is 2.89. The van der Waals surface area contributed by atoms with E-state index in [2.05, 4.69) is 4.99 Å². The van der Waals surface area contributed by atoms with Crippen LogP contribution in [0.4, 0.5) is 22.0 Å².